The molecule has 0 spiro atoms. The summed E-state index contributed by atoms with van der Waals surface area (Å²) >= 11 is 0. The molecule has 84 valence electrons. The highest BCUT2D eigenvalue weighted by atomic mass is 32.2. The molecule has 0 saturated carbocycles. The molecular formula is C7H9NO5S2. The van der Waals surface area contributed by atoms with Gasteiger partial charge in [-0.05, 0) is 24.3 Å². The van der Waals surface area contributed by atoms with E-state index in [9.17, 15) is 16.8 Å². The number of hydrogen-bond donors (Lipinski definition) is 1. The van der Waals surface area contributed by atoms with Gasteiger partial charge in [-0.25, -0.2) is 8.42 Å². The predicted molar refractivity (Wildman–Crippen MR) is 53.3 cm³/mol. The Hall–Kier alpha value is -1.12. The van der Waals surface area contributed by atoms with E-state index >= 15 is 0 Å². The van der Waals surface area contributed by atoms with Crippen molar-refractivity contribution < 1.29 is 21.0 Å². The van der Waals surface area contributed by atoms with E-state index in [1.165, 1.54) is 24.3 Å². The van der Waals surface area contributed by atoms with Crippen LogP contribution in [0.3, 0.4) is 0 Å². The number of sulfone groups is 1. The van der Waals surface area contributed by atoms with Crippen LogP contribution in [0.1, 0.15) is 0 Å². The van der Waals surface area contributed by atoms with Gasteiger partial charge in [0.15, 0.2) is 9.84 Å². The summed E-state index contributed by atoms with van der Waals surface area (Å²) in [6, 6.07) is 4.88. The quantitative estimate of drug-likeness (QED) is 0.792. The third kappa shape index (κ3) is 3.86. The second-order valence-corrected chi connectivity index (χ2v) is 5.99. The normalized spacial score (nSPS) is 12.4. The summed E-state index contributed by atoms with van der Waals surface area (Å²) in [4.78, 5) is 0.0734. The van der Waals surface area contributed by atoms with Crippen molar-refractivity contribution in [1.29, 1.82) is 0 Å². The standard InChI is InChI=1S/C7H9NO5S2/c1-14(9,10)7-4-2-6(3-5-7)13-15(8,11)12/h2-5H,1H3,(H2,8,11,12). The van der Waals surface area contributed by atoms with Gasteiger partial charge in [0, 0.05) is 6.26 Å². The van der Waals surface area contributed by atoms with Crippen LogP contribution in [-0.2, 0) is 20.1 Å². The lowest BCUT2D eigenvalue weighted by Gasteiger charge is -2.02. The molecule has 2 N–H and O–H groups in total. The van der Waals surface area contributed by atoms with Crippen LogP contribution in [0, 0.1) is 0 Å². The molecule has 0 unspecified atom stereocenters. The van der Waals surface area contributed by atoms with Gasteiger partial charge in [0.05, 0.1) is 4.90 Å². The minimum atomic E-state index is -4.07. The van der Waals surface area contributed by atoms with Crippen LogP contribution < -0.4 is 9.32 Å². The Bertz CT molecular complexity index is 544. The lowest BCUT2D eigenvalue weighted by molar-refractivity contribution is 0.487. The third-order valence-corrected chi connectivity index (χ3v) is 3.02. The Labute approximate surface area is 87.8 Å². The molecule has 0 radical (unpaired) electrons. The van der Waals surface area contributed by atoms with E-state index in [0.717, 1.165) is 6.26 Å². The van der Waals surface area contributed by atoms with Crippen molar-refractivity contribution in [2.45, 2.75) is 4.90 Å². The summed E-state index contributed by atoms with van der Waals surface area (Å²) in [5, 5.41) is 4.62. The molecule has 6 nitrogen and oxygen atoms in total. The first-order valence-electron chi connectivity index (χ1n) is 3.71. The molecule has 0 aliphatic heterocycles. The van der Waals surface area contributed by atoms with Crippen LogP contribution in [-0.4, -0.2) is 23.1 Å². The van der Waals surface area contributed by atoms with E-state index in [2.05, 4.69) is 9.32 Å². The average molecular weight is 251 g/mol. The second kappa shape index (κ2) is 3.80. The molecular weight excluding hydrogens is 242 g/mol. The topological polar surface area (TPSA) is 104 Å². The summed E-state index contributed by atoms with van der Waals surface area (Å²) in [6.07, 6.45) is 1.04. The lowest BCUT2D eigenvalue weighted by atomic mass is 10.3. The van der Waals surface area contributed by atoms with Gasteiger partial charge < -0.3 is 4.18 Å². The highest BCUT2D eigenvalue weighted by Gasteiger charge is 2.08. The molecule has 0 aliphatic rings. The number of nitrogens with two attached hydrogens (primary N) is 1. The Morgan fingerprint density at radius 1 is 1.07 bits per heavy atom. The second-order valence-electron chi connectivity index (χ2n) is 2.82. The summed E-state index contributed by atoms with van der Waals surface area (Å²) in [5.74, 6) is -0.0371. The van der Waals surface area contributed by atoms with Gasteiger partial charge in [-0.3, -0.25) is 0 Å². The van der Waals surface area contributed by atoms with E-state index in [4.69, 9.17) is 0 Å². The highest BCUT2D eigenvalue weighted by Crippen LogP contribution is 2.16. The van der Waals surface area contributed by atoms with Gasteiger partial charge in [-0.15, -0.1) is 0 Å². The molecule has 0 fully saturated rings. The Balaban J connectivity index is 3.02. The van der Waals surface area contributed by atoms with Crippen molar-refractivity contribution in [1.82, 2.24) is 0 Å². The van der Waals surface area contributed by atoms with Crippen molar-refractivity contribution in [2.24, 2.45) is 5.14 Å². The van der Waals surface area contributed by atoms with Crippen molar-refractivity contribution in [2.75, 3.05) is 6.26 Å². The summed E-state index contributed by atoms with van der Waals surface area (Å²) in [6.45, 7) is 0. The van der Waals surface area contributed by atoms with E-state index in [1.54, 1.807) is 0 Å². The maximum absolute atomic E-state index is 11.0. The first kappa shape index (κ1) is 12.0. The fourth-order valence-corrected chi connectivity index (χ4v) is 1.89. The molecule has 0 atom stereocenters. The maximum Gasteiger partial charge on any atom is 0.380 e. The molecule has 15 heavy (non-hydrogen) atoms. The minimum absolute atomic E-state index is 0.0371. The SMILES string of the molecule is CS(=O)(=O)c1ccc(OS(N)(=O)=O)cc1. The van der Waals surface area contributed by atoms with Gasteiger partial charge in [-0.1, -0.05) is 0 Å². The Morgan fingerprint density at radius 2 is 1.53 bits per heavy atom. The summed E-state index contributed by atoms with van der Waals surface area (Å²) in [7, 11) is -7.37. The average Bonchev–Trinajstić information content (AvgIpc) is 2.00. The zero-order valence-electron chi connectivity index (χ0n) is 7.74. The molecule has 0 heterocycles. The van der Waals surface area contributed by atoms with Crippen LogP contribution in [0.4, 0.5) is 0 Å². The van der Waals surface area contributed by atoms with Gasteiger partial charge in [-0.2, -0.15) is 13.6 Å². The third-order valence-electron chi connectivity index (χ3n) is 1.46. The van der Waals surface area contributed by atoms with E-state index in [1.807, 2.05) is 0 Å². The van der Waals surface area contributed by atoms with Gasteiger partial charge in [0.25, 0.3) is 0 Å². The minimum Gasteiger partial charge on any atom is -0.371 e. The first-order chi connectivity index (χ1) is 6.68. The van der Waals surface area contributed by atoms with Gasteiger partial charge in [0.2, 0.25) is 0 Å². The van der Waals surface area contributed by atoms with Crippen LogP contribution in [0.15, 0.2) is 29.2 Å². The smallest absolute Gasteiger partial charge is 0.371 e. The van der Waals surface area contributed by atoms with Crippen LogP contribution in [0.2, 0.25) is 0 Å². The number of hydrogen-bond acceptors (Lipinski definition) is 5. The van der Waals surface area contributed by atoms with Crippen molar-refractivity contribution in [3.05, 3.63) is 24.3 Å². The molecule has 0 aliphatic carbocycles. The maximum atomic E-state index is 11.0. The molecule has 0 aromatic heterocycles. The molecule has 1 aromatic carbocycles. The highest BCUT2D eigenvalue weighted by molar-refractivity contribution is 7.90. The molecule has 8 heteroatoms. The zero-order chi connectivity index (χ0) is 11.7. The van der Waals surface area contributed by atoms with Crippen molar-refractivity contribution in [3.63, 3.8) is 0 Å². The lowest BCUT2D eigenvalue weighted by Crippen LogP contribution is -2.18. The van der Waals surface area contributed by atoms with E-state index in [0.29, 0.717) is 0 Å². The summed E-state index contributed by atoms with van der Waals surface area (Å²) in [5.41, 5.74) is 0. The predicted octanol–water partition coefficient (Wildman–Crippen LogP) is -0.328. The Kier molecular flexibility index (Phi) is 3.03. The zero-order valence-corrected chi connectivity index (χ0v) is 9.38. The Morgan fingerprint density at radius 3 is 1.87 bits per heavy atom. The van der Waals surface area contributed by atoms with Gasteiger partial charge >= 0.3 is 10.3 Å². The monoisotopic (exact) mass is 251 g/mol. The van der Waals surface area contributed by atoms with Crippen molar-refractivity contribution >= 4 is 20.1 Å². The number of benzene rings is 1. The first-order valence-corrected chi connectivity index (χ1v) is 7.07. The molecule has 0 saturated heterocycles. The fourth-order valence-electron chi connectivity index (χ4n) is 0.877. The van der Waals surface area contributed by atoms with Crippen molar-refractivity contribution in [3.8, 4) is 5.75 Å². The molecule has 1 aromatic rings. The number of rotatable bonds is 3. The van der Waals surface area contributed by atoms with E-state index in [-0.39, 0.29) is 10.6 Å². The van der Waals surface area contributed by atoms with Crippen LogP contribution >= 0.6 is 0 Å². The largest absolute Gasteiger partial charge is 0.380 e. The molecule has 0 amide bonds. The molecule has 1 rings (SSSR count). The van der Waals surface area contributed by atoms with Crippen LogP contribution in [0.25, 0.3) is 0 Å². The summed E-state index contributed by atoms with van der Waals surface area (Å²) < 4.78 is 47.5. The molecule has 0 bridgehead atoms. The van der Waals surface area contributed by atoms with Gasteiger partial charge in [0.1, 0.15) is 5.75 Å². The van der Waals surface area contributed by atoms with E-state index < -0.39 is 20.1 Å². The fraction of sp³-hybridized carbons (Fsp3) is 0.143. The van der Waals surface area contributed by atoms with Crippen LogP contribution in [0.5, 0.6) is 5.75 Å².